The lowest BCUT2D eigenvalue weighted by molar-refractivity contribution is 0.475. The molecule has 0 saturated carbocycles. The maximum Gasteiger partial charge on any atom is 0.241 e. The van der Waals surface area contributed by atoms with Crippen molar-refractivity contribution in [2.75, 3.05) is 5.73 Å². The van der Waals surface area contributed by atoms with Gasteiger partial charge in [-0.2, -0.15) is 0 Å². The van der Waals surface area contributed by atoms with E-state index in [2.05, 4.69) is 4.72 Å². The van der Waals surface area contributed by atoms with E-state index in [4.69, 9.17) is 21.8 Å². The summed E-state index contributed by atoms with van der Waals surface area (Å²) >= 11 is 5.75. The van der Waals surface area contributed by atoms with Gasteiger partial charge in [0, 0.05) is 0 Å². The van der Waals surface area contributed by atoms with Gasteiger partial charge in [0.25, 0.3) is 0 Å². The number of nitrogen functional groups attached to an aromatic ring is 1. The Hall–Kier alpha value is -1.50. The second-order valence-electron chi connectivity index (χ2n) is 4.02. The molecule has 1 aromatic carbocycles. The van der Waals surface area contributed by atoms with Crippen LogP contribution in [0.15, 0.2) is 39.6 Å². The van der Waals surface area contributed by atoms with Crippen molar-refractivity contribution in [3.8, 4) is 0 Å². The minimum Gasteiger partial charge on any atom is -0.465 e. The van der Waals surface area contributed by atoms with Crippen molar-refractivity contribution in [3.63, 3.8) is 0 Å². The van der Waals surface area contributed by atoms with Gasteiger partial charge in [-0.15, -0.1) is 0 Å². The predicted octanol–water partition coefficient (Wildman–Crippen LogP) is 2.30. The average molecular weight is 301 g/mol. The Kier molecular flexibility index (Phi) is 3.84. The van der Waals surface area contributed by atoms with Crippen molar-refractivity contribution in [1.82, 2.24) is 4.72 Å². The van der Waals surface area contributed by atoms with Gasteiger partial charge in [0.1, 0.15) is 11.5 Å². The number of benzene rings is 1. The zero-order valence-electron chi connectivity index (χ0n) is 10.2. The highest BCUT2D eigenvalue weighted by Crippen LogP contribution is 2.22. The molecule has 0 fully saturated rings. The van der Waals surface area contributed by atoms with Gasteiger partial charge in [0.15, 0.2) is 0 Å². The molecule has 2 aromatic rings. The lowest BCUT2D eigenvalue weighted by atomic mass is 10.3. The molecule has 1 heterocycles. The van der Waals surface area contributed by atoms with Gasteiger partial charge in [0.2, 0.25) is 10.0 Å². The number of hydrogen-bond donors (Lipinski definition) is 2. The first-order valence-electron chi connectivity index (χ1n) is 5.48. The van der Waals surface area contributed by atoms with Gasteiger partial charge in [-0.1, -0.05) is 11.6 Å². The average Bonchev–Trinajstić information content (AvgIpc) is 2.76. The molecule has 0 aliphatic rings. The van der Waals surface area contributed by atoms with E-state index in [0.29, 0.717) is 10.8 Å². The van der Waals surface area contributed by atoms with Gasteiger partial charge in [0.05, 0.1) is 22.2 Å². The highest BCUT2D eigenvalue weighted by atomic mass is 35.5. The molecule has 0 unspecified atom stereocenters. The number of hydrogen-bond acceptors (Lipinski definition) is 4. The molecule has 0 spiro atoms. The van der Waals surface area contributed by atoms with Crippen molar-refractivity contribution in [1.29, 1.82) is 0 Å². The molecule has 102 valence electrons. The van der Waals surface area contributed by atoms with E-state index in [1.54, 1.807) is 19.1 Å². The summed E-state index contributed by atoms with van der Waals surface area (Å²) in [6, 6.07) is 7.65. The molecule has 7 heteroatoms. The lowest BCUT2D eigenvalue weighted by Gasteiger charge is -2.07. The number of halogens is 1. The summed E-state index contributed by atoms with van der Waals surface area (Å²) in [7, 11) is -3.64. The van der Waals surface area contributed by atoms with Crippen LogP contribution in [0, 0.1) is 6.92 Å². The minimum atomic E-state index is -3.64. The SMILES string of the molecule is Cc1ccc(CNS(=O)(=O)c2ccc(Cl)c(N)c2)o1. The van der Waals surface area contributed by atoms with Crippen LogP contribution in [0.25, 0.3) is 0 Å². The van der Waals surface area contributed by atoms with Crippen molar-refractivity contribution in [2.24, 2.45) is 0 Å². The highest BCUT2D eigenvalue weighted by Gasteiger charge is 2.15. The van der Waals surface area contributed by atoms with Crippen LogP contribution in [0.2, 0.25) is 5.02 Å². The Balaban J connectivity index is 2.16. The fraction of sp³-hybridized carbons (Fsp3) is 0.167. The van der Waals surface area contributed by atoms with Gasteiger partial charge in [-0.3, -0.25) is 0 Å². The van der Waals surface area contributed by atoms with E-state index in [1.807, 2.05) is 0 Å². The largest absolute Gasteiger partial charge is 0.465 e. The molecule has 0 aliphatic carbocycles. The number of nitrogens with two attached hydrogens (primary N) is 1. The first-order valence-corrected chi connectivity index (χ1v) is 7.34. The van der Waals surface area contributed by atoms with Gasteiger partial charge < -0.3 is 10.2 Å². The molecule has 5 nitrogen and oxygen atoms in total. The van der Waals surface area contributed by atoms with Gasteiger partial charge >= 0.3 is 0 Å². The molecular formula is C12H13ClN2O3S. The van der Waals surface area contributed by atoms with E-state index in [-0.39, 0.29) is 17.1 Å². The summed E-state index contributed by atoms with van der Waals surface area (Å²) in [5, 5.41) is 0.320. The lowest BCUT2D eigenvalue weighted by Crippen LogP contribution is -2.23. The van der Waals surface area contributed by atoms with E-state index in [1.165, 1.54) is 18.2 Å². The number of sulfonamides is 1. The van der Waals surface area contributed by atoms with Crippen molar-refractivity contribution in [2.45, 2.75) is 18.4 Å². The maximum absolute atomic E-state index is 12.0. The Labute approximate surface area is 116 Å². The van der Waals surface area contributed by atoms with Gasteiger partial charge in [-0.05, 0) is 37.3 Å². The van der Waals surface area contributed by atoms with E-state index in [0.717, 1.165) is 5.76 Å². The van der Waals surface area contributed by atoms with Crippen LogP contribution in [-0.2, 0) is 16.6 Å². The standard InChI is InChI=1S/C12H13ClN2O3S/c1-8-2-3-9(18-8)7-15-19(16,17)10-4-5-11(13)12(14)6-10/h2-6,15H,7,14H2,1H3. The van der Waals surface area contributed by atoms with E-state index in [9.17, 15) is 8.42 Å². The fourth-order valence-corrected chi connectivity index (χ4v) is 2.66. The van der Waals surface area contributed by atoms with Crippen molar-refractivity contribution < 1.29 is 12.8 Å². The van der Waals surface area contributed by atoms with Crippen LogP contribution >= 0.6 is 11.6 Å². The molecule has 2 rings (SSSR count). The molecule has 0 atom stereocenters. The topological polar surface area (TPSA) is 85.3 Å². The molecule has 3 N–H and O–H groups in total. The third-order valence-electron chi connectivity index (χ3n) is 2.51. The summed E-state index contributed by atoms with van der Waals surface area (Å²) in [4.78, 5) is 0.0673. The molecule has 0 bridgehead atoms. The van der Waals surface area contributed by atoms with Crippen LogP contribution < -0.4 is 10.5 Å². The molecule has 0 radical (unpaired) electrons. The molecule has 0 aliphatic heterocycles. The van der Waals surface area contributed by atoms with Crippen LogP contribution in [0.5, 0.6) is 0 Å². The van der Waals surface area contributed by atoms with Crippen LogP contribution in [0.4, 0.5) is 5.69 Å². The first-order chi connectivity index (χ1) is 8.88. The second-order valence-corrected chi connectivity index (χ2v) is 6.19. The van der Waals surface area contributed by atoms with Crippen LogP contribution in [0.3, 0.4) is 0 Å². The first kappa shape index (κ1) is 13.9. The Morgan fingerprint density at radius 3 is 2.63 bits per heavy atom. The Morgan fingerprint density at radius 1 is 1.32 bits per heavy atom. The van der Waals surface area contributed by atoms with Crippen LogP contribution in [-0.4, -0.2) is 8.42 Å². The number of nitrogens with one attached hydrogen (secondary N) is 1. The summed E-state index contributed by atoms with van der Waals surface area (Å²) in [6.45, 7) is 1.87. The number of rotatable bonds is 4. The smallest absolute Gasteiger partial charge is 0.241 e. The summed E-state index contributed by atoms with van der Waals surface area (Å²) in [6.07, 6.45) is 0. The zero-order chi connectivity index (χ0) is 14.0. The Bertz CT molecular complexity index is 695. The van der Waals surface area contributed by atoms with Crippen molar-refractivity contribution in [3.05, 3.63) is 46.9 Å². The molecule has 1 aromatic heterocycles. The fourth-order valence-electron chi connectivity index (χ4n) is 1.52. The van der Waals surface area contributed by atoms with E-state index >= 15 is 0 Å². The maximum atomic E-state index is 12.0. The minimum absolute atomic E-state index is 0.0673. The third-order valence-corrected chi connectivity index (χ3v) is 4.25. The monoisotopic (exact) mass is 300 g/mol. The quantitative estimate of drug-likeness (QED) is 0.848. The summed E-state index contributed by atoms with van der Waals surface area (Å²) < 4.78 is 31.8. The highest BCUT2D eigenvalue weighted by molar-refractivity contribution is 7.89. The molecular weight excluding hydrogens is 288 g/mol. The van der Waals surface area contributed by atoms with Crippen LogP contribution in [0.1, 0.15) is 11.5 Å². The number of anilines is 1. The zero-order valence-corrected chi connectivity index (χ0v) is 11.8. The third kappa shape index (κ3) is 3.28. The second kappa shape index (κ2) is 5.24. The number of aryl methyl sites for hydroxylation is 1. The molecule has 19 heavy (non-hydrogen) atoms. The predicted molar refractivity (Wildman–Crippen MR) is 73.3 cm³/mol. The summed E-state index contributed by atoms with van der Waals surface area (Å²) in [5.41, 5.74) is 5.81. The normalized spacial score (nSPS) is 11.7. The molecule has 0 amide bonds. The summed E-state index contributed by atoms with van der Waals surface area (Å²) in [5.74, 6) is 1.27. The molecule has 0 saturated heterocycles. The van der Waals surface area contributed by atoms with Crippen molar-refractivity contribution >= 4 is 27.3 Å². The number of furan rings is 1. The van der Waals surface area contributed by atoms with E-state index < -0.39 is 10.0 Å². The van der Waals surface area contributed by atoms with Gasteiger partial charge in [-0.25, -0.2) is 13.1 Å². The Morgan fingerprint density at radius 2 is 2.05 bits per heavy atom.